The Kier molecular flexibility index (Phi) is 4.09. The maximum atomic E-state index is 11.8. The first-order chi connectivity index (χ1) is 9.40. The maximum Gasteiger partial charge on any atom is 0.310 e. The summed E-state index contributed by atoms with van der Waals surface area (Å²) in [5.74, 6) is -1.35. The van der Waals surface area contributed by atoms with E-state index in [0.717, 1.165) is 21.7 Å². The average molecular weight is 291 g/mol. The summed E-state index contributed by atoms with van der Waals surface area (Å²) in [6, 6.07) is 7.39. The van der Waals surface area contributed by atoms with Crippen LogP contribution in [0.1, 0.15) is 34.5 Å². The van der Waals surface area contributed by atoms with Gasteiger partial charge in [-0.2, -0.15) is 0 Å². The van der Waals surface area contributed by atoms with Gasteiger partial charge in [0.1, 0.15) is 0 Å². The Morgan fingerprint density at radius 3 is 2.35 bits per heavy atom. The van der Waals surface area contributed by atoms with Crippen LogP contribution < -0.4 is 4.87 Å². The lowest BCUT2D eigenvalue weighted by Crippen LogP contribution is -2.15. The Morgan fingerprint density at radius 1 is 1.30 bits per heavy atom. The van der Waals surface area contributed by atoms with E-state index < -0.39 is 11.9 Å². The van der Waals surface area contributed by atoms with Gasteiger partial charge in [0.05, 0.1) is 12.5 Å². The lowest BCUT2D eigenvalue weighted by Gasteiger charge is -2.09. The van der Waals surface area contributed by atoms with Crippen molar-refractivity contribution >= 4 is 17.3 Å². The molecule has 0 saturated carbocycles. The van der Waals surface area contributed by atoms with E-state index in [1.807, 2.05) is 38.1 Å². The summed E-state index contributed by atoms with van der Waals surface area (Å²) in [6.07, 6.45) is 0. The normalized spacial score (nSPS) is 12.3. The van der Waals surface area contributed by atoms with Crippen LogP contribution in [0, 0.1) is 13.8 Å². The molecule has 106 valence electrons. The lowest BCUT2D eigenvalue weighted by atomic mass is 10.00. The van der Waals surface area contributed by atoms with E-state index in [9.17, 15) is 9.59 Å². The number of carboxylic acids is 1. The zero-order chi connectivity index (χ0) is 14.9. The van der Waals surface area contributed by atoms with Crippen LogP contribution in [-0.4, -0.2) is 15.6 Å². The Hall–Kier alpha value is -1.88. The van der Waals surface area contributed by atoms with Gasteiger partial charge >= 0.3 is 10.8 Å². The maximum absolute atomic E-state index is 11.8. The number of thiazole rings is 1. The summed E-state index contributed by atoms with van der Waals surface area (Å²) in [7, 11) is 0. The summed E-state index contributed by atoms with van der Waals surface area (Å²) in [5.41, 5.74) is 2.75. The molecule has 1 aromatic heterocycles. The van der Waals surface area contributed by atoms with Crippen molar-refractivity contribution < 1.29 is 9.90 Å². The van der Waals surface area contributed by atoms with E-state index in [-0.39, 0.29) is 4.87 Å². The fraction of sp³-hybridized carbons (Fsp3) is 0.333. The molecule has 1 heterocycles. The van der Waals surface area contributed by atoms with Gasteiger partial charge in [-0.15, -0.1) is 0 Å². The fourth-order valence-electron chi connectivity index (χ4n) is 2.01. The first-order valence-electron chi connectivity index (χ1n) is 6.38. The van der Waals surface area contributed by atoms with Gasteiger partial charge in [-0.25, -0.2) is 0 Å². The van der Waals surface area contributed by atoms with Crippen molar-refractivity contribution in [3.05, 3.63) is 55.6 Å². The molecule has 1 unspecified atom stereocenters. The van der Waals surface area contributed by atoms with E-state index in [0.29, 0.717) is 6.54 Å². The molecule has 0 saturated heterocycles. The summed E-state index contributed by atoms with van der Waals surface area (Å²) >= 11 is 1.26. The average Bonchev–Trinajstić information content (AvgIpc) is 2.65. The minimum atomic E-state index is -0.835. The minimum absolute atomic E-state index is 0.0444. The molecule has 0 aliphatic rings. The molecule has 1 atom stereocenters. The van der Waals surface area contributed by atoms with Crippen LogP contribution in [0.4, 0.5) is 0 Å². The third kappa shape index (κ3) is 2.82. The van der Waals surface area contributed by atoms with E-state index in [1.54, 1.807) is 11.5 Å². The van der Waals surface area contributed by atoms with E-state index in [2.05, 4.69) is 0 Å². The molecular weight excluding hydrogens is 274 g/mol. The number of aryl methyl sites for hydroxylation is 1. The molecule has 1 aromatic carbocycles. The van der Waals surface area contributed by atoms with Crippen molar-refractivity contribution in [2.24, 2.45) is 0 Å². The molecule has 2 aromatic rings. The van der Waals surface area contributed by atoms with Crippen LogP contribution in [0.5, 0.6) is 0 Å². The standard InChI is InChI=1S/C15H17NO3S/c1-9(14(17)18)13-6-4-12(5-7-13)8-16-10(2)11(3)20-15(16)19/h4-7,9H,8H2,1-3H3,(H,17,18). The van der Waals surface area contributed by atoms with Crippen LogP contribution in [-0.2, 0) is 11.3 Å². The van der Waals surface area contributed by atoms with Gasteiger partial charge in [0, 0.05) is 10.6 Å². The van der Waals surface area contributed by atoms with Crippen LogP contribution in [0.25, 0.3) is 0 Å². The second kappa shape index (κ2) is 5.63. The van der Waals surface area contributed by atoms with Crippen molar-refractivity contribution in [1.29, 1.82) is 0 Å². The van der Waals surface area contributed by atoms with Gasteiger partial charge in [0.25, 0.3) is 0 Å². The number of carboxylic acid groups (broad SMARTS) is 1. The molecular formula is C15H17NO3S. The van der Waals surface area contributed by atoms with Gasteiger partial charge in [0.15, 0.2) is 0 Å². The highest BCUT2D eigenvalue weighted by molar-refractivity contribution is 7.09. The van der Waals surface area contributed by atoms with E-state index in [1.165, 1.54) is 11.3 Å². The number of hydrogen-bond donors (Lipinski definition) is 1. The highest BCUT2D eigenvalue weighted by atomic mass is 32.1. The quantitative estimate of drug-likeness (QED) is 0.942. The number of nitrogens with zero attached hydrogens (tertiary/aromatic N) is 1. The monoisotopic (exact) mass is 291 g/mol. The van der Waals surface area contributed by atoms with Gasteiger partial charge < -0.3 is 5.11 Å². The van der Waals surface area contributed by atoms with Crippen molar-refractivity contribution in [3.8, 4) is 0 Å². The Bertz CT molecular complexity index is 682. The van der Waals surface area contributed by atoms with Crippen LogP contribution >= 0.6 is 11.3 Å². The van der Waals surface area contributed by atoms with Gasteiger partial charge in [-0.05, 0) is 31.9 Å². The highest BCUT2D eigenvalue weighted by Crippen LogP contribution is 2.17. The predicted molar refractivity (Wildman–Crippen MR) is 79.6 cm³/mol. The molecule has 0 fully saturated rings. The summed E-state index contributed by atoms with van der Waals surface area (Å²) in [6.45, 7) is 6.06. The van der Waals surface area contributed by atoms with Crippen LogP contribution in [0.2, 0.25) is 0 Å². The molecule has 20 heavy (non-hydrogen) atoms. The van der Waals surface area contributed by atoms with Crippen molar-refractivity contribution in [2.45, 2.75) is 33.2 Å². The number of benzene rings is 1. The molecule has 0 amide bonds. The van der Waals surface area contributed by atoms with E-state index >= 15 is 0 Å². The minimum Gasteiger partial charge on any atom is -0.481 e. The van der Waals surface area contributed by atoms with Gasteiger partial charge in [-0.1, -0.05) is 35.6 Å². The molecule has 0 bridgehead atoms. The van der Waals surface area contributed by atoms with Crippen molar-refractivity contribution in [1.82, 2.24) is 4.57 Å². The number of aliphatic carboxylic acids is 1. The number of rotatable bonds is 4. The van der Waals surface area contributed by atoms with Crippen LogP contribution in [0.3, 0.4) is 0 Å². The first kappa shape index (κ1) is 14.5. The topological polar surface area (TPSA) is 59.3 Å². The number of hydrogen-bond acceptors (Lipinski definition) is 3. The molecule has 0 radical (unpaired) electrons. The smallest absolute Gasteiger partial charge is 0.310 e. The molecule has 0 aliphatic heterocycles. The zero-order valence-electron chi connectivity index (χ0n) is 11.7. The second-order valence-electron chi connectivity index (χ2n) is 4.90. The summed E-state index contributed by atoms with van der Waals surface area (Å²) in [4.78, 5) is 23.8. The lowest BCUT2D eigenvalue weighted by molar-refractivity contribution is -0.138. The molecule has 4 nitrogen and oxygen atoms in total. The third-order valence-corrected chi connectivity index (χ3v) is 4.56. The van der Waals surface area contributed by atoms with Gasteiger partial charge in [-0.3, -0.25) is 14.2 Å². The Morgan fingerprint density at radius 2 is 1.90 bits per heavy atom. The van der Waals surface area contributed by atoms with Crippen LogP contribution in [0.15, 0.2) is 29.1 Å². The number of carbonyl (C=O) groups is 1. The first-order valence-corrected chi connectivity index (χ1v) is 7.20. The molecule has 2 rings (SSSR count). The SMILES string of the molecule is Cc1sc(=O)n(Cc2ccc(C(C)C(=O)O)cc2)c1C. The fourth-order valence-corrected chi connectivity index (χ4v) is 2.84. The largest absolute Gasteiger partial charge is 0.481 e. The second-order valence-corrected chi connectivity index (χ2v) is 6.06. The molecule has 5 heteroatoms. The number of aromatic nitrogens is 1. The Balaban J connectivity index is 2.23. The predicted octanol–water partition coefficient (Wildman–Crippen LogP) is 2.76. The summed E-state index contributed by atoms with van der Waals surface area (Å²) in [5, 5.41) is 8.97. The van der Waals surface area contributed by atoms with Gasteiger partial charge in [0.2, 0.25) is 0 Å². The third-order valence-electron chi connectivity index (χ3n) is 3.57. The van der Waals surface area contributed by atoms with Crippen molar-refractivity contribution in [2.75, 3.05) is 0 Å². The zero-order valence-corrected chi connectivity index (χ0v) is 12.5. The summed E-state index contributed by atoms with van der Waals surface area (Å²) < 4.78 is 1.75. The van der Waals surface area contributed by atoms with E-state index in [4.69, 9.17) is 5.11 Å². The molecule has 0 spiro atoms. The molecule has 1 N–H and O–H groups in total. The Labute approximate surface area is 121 Å². The highest BCUT2D eigenvalue weighted by Gasteiger charge is 2.13. The van der Waals surface area contributed by atoms with Crippen molar-refractivity contribution in [3.63, 3.8) is 0 Å². The molecule has 0 aliphatic carbocycles.